The van der Waals surface area contributed by atoms with Gasteiger partial charge in [-0.15, -0.1) is 58.7 Å². The predicted octanol–water partition coefficient (Wildman–Crippen LogP) is 13.5. The number of aromatic nitrogens is 6. The zero-order valence-corrected chi connectivity index (χ0v) is 39.6. The van der Waals surface area contributed by atoms with Crippen molar-refractivity contribution in [3.8, 4) is 73.7 Å². The number of fused-ring (bicyclic) bond motifs is 3. The molecule has 0 saturated heterocycles. The Kier molecular flexibility index (Phi) is 13.6. The van der Waals surface area contributed by atoms with Crippen molar-refractivity contribution in [3.05, 3.63) is 194 Å². The van der Waals surface area contributed by atoms with Crippen molar-refractivity contribution in [2.24, 2.45) is 0 Å². The Labute approximate surface area is 406 Å². The maximum Gasteiger partial charge on any atom is 2.00 e. The van der Waals surface area contributed by atoms with Gasteiger partial charge in [-0.1, -0.05) is 158 Å². The molecule has 0 N–H and O–H groups in total. The van der Waals surface area contributed by atoms with E-state index in [0.717, 1.165) is 66.7 Å². The second kappa shape index (κ2) is 19.6. The summed E-state index contributed by atoms with van der Waals surface area (Å²) in [5, 5.41) is 1.82. The third-order valence-corrected chi connectivity index (χ3v) is 11.0. The first-order valence-corrected chi connectivity index (χ1v) is 20.9. The van der Waals surface area contributed by atoms with Gasteiger partial charge in [0, 0.05) is 35.4 Å². The number of pyridine rings is 2. The monoisotopic (exact) mass is 1120 g/mol. The van der Waals surface area contributed by atoms with E-state index in [1.54, 1.807) is 12.4 Å². The molecule has 0 aliphatic heterocycles. The van der Waals surface area contributed by atoms with E-state index in [4.69, 9.17) is 9.47 Å². The molecule has 10 rings (SSSR count). The minimum atomic E-state index is 0. The van der Waals surface area contributed by atoms with Gasteiger partial charge in [-0.2, -0.15) is 22.9 Å². The Bertz CT molecular complexity index is 3030. The van der Waals surface area contributed by atoms with Crippen LogP contribution in [0, 0.1) is 24.3 Å². The van der Waals surface area contributed by atoms with Crippen LogP contribution in [-0.4, -0.2) is 29.5 Å². The van der Waals surface area contributed by atoms with Crippen LogP contribution in [0.15, 0.2) is 159 Å². The Morgan fingerprint density at radius 2 is 0.923 bits per heavy atom. The van der Waals surface area contributed by atoms with E-state index in [9.17, 15) is 0 Å². The molecule has 4 aromatic heterocycles. The Balaban J connectivity index is 0.00000288. The van der Waals surface area contributed by atoms with Crippen LogP contribution in [0.3, 0.4) is 0 Å². The number of hydrogen-bond acceptors (Lipinski definition) is 7. The van der Waals surface area contributed by atoms with Crippen LogP contribution in [0.25, 0.3) is 72.5 Å². The quantitative estimate of drug-likeness (QED) is 0.0942. The summed E-state index contributed by atoms with van der Waals surface area (Å²) in [6, 6.07) is 59.0. The van der Waals surface area contributed by atoms with Crippen molar-refractivity contribution in [3.63, 3.8) is 0 Å². The first-order valence-electron chi connectivity index (χ1n) is 20.9. The molecule has 0 radical (unpaired) electrons. The molecule has 0 saturated carbocycles. The Hall–Kier alpha value is -6.62. The van der Waals surface area contributed by atoms with Crippen molar-refractivity contribution >= 4 is 21.8 Å². The summed E-state index contributed by atoms with van der Waals surface area (Å²) in [5.41, 5.74) is 10.9. The van der Waals surface area contributed by atoms with E-state index in [-0.39, 0.29) is 53.3 Å². The van der Waals surface area contributed by atoms with Gasteiger partial charge in [-0.05, 0) is 35.4 Å². The van der Waals surface area contributed by atoms with Crippen LogP contribution in [-0.2, 0) is 41.5 Å². The van der Waals surface area contributed by atoms with E-state index < -0.39 is 0 Å². The Morgan fingerprint density at radius 3 is 1.32 bits per heavy atom. The van der Waals surface area contributed by atoms with Crippen LogP contribution in [0.2, 0.25) is 0 Å². The van der Waals surface area contributed by atoms with Crippen molar-refractivity contribution < 1.29 is 51.0 Å². The predicted molar refractivity (Wildman–Crippen MR) is 248 cm³/mol. The number of rotatable bonds is 11. The van der Waals surface area contributed by atoms with E-state index in [2.05, 4.69) is 113 Å². The SMILES string of the molecule is CC(C)c1cc(-c2ccccn2)[c-]c(Oc2[c-]c3c(cc2)c2ccc(Oc4[c-]c(-c5ccccn5)cc(C(C)C)c4-c4ccccc4)[c-]c2n3-c2ncncn2)c1-c1ccccc1.[Pd+2].[Pt+2]. The molecular weight excluding hydrogens is 1080 g/mol. The molecule has 4 heterocycles. The molecule has 0 aliphatic rings. The molecule has 322 valence electrons. The third kappa shape index (κ3) is 9.06. The molecule has 0 bridgehead atoms. The second-order valence-corrected chi connectivity index (χ2v) is 15.8. The van der Waals surface area contributed by atoms with Crippen molar-refractivity contribution in [1.82, 2.24) is 29.5 Å². The summed E-state index contributed by atoms with van der Waals surface area (Å²) >= 11 is 0. The minimum absolute atomic E-state index is 0. The molecule has 0 unspecified atom stereocenters. The fourth-order valence-corrected chi connectivity index (χ4v) is 8.06. The molecule has 10 aromatic rings. The van der Waals surface area contributed by atoms with E-state index in [1.807, 2.05) is 102 Å². The van der Waals surface area contributed by atoms with Gasteiger partial charge in [0.1, 0.15) is 12.7 Å². The zero-order chi connectivity index (χ0) is 42.9. The topological polar surface area (TPSA) is 87.8 Å². The number of hydrogen-bond donors (Lipinski definition) is 0. The van der Waals surface area contributed by atoms with Gasteiger partial charge >= 0.3 is 41.5 Å². The van der Waals surface area contributed by atoms with Crippen LogP contribution in [0.1, 0.15) is 50.7 Å². The summed E-state index contributed by atoms with van der Waals surface area (Å²) < 4.78 is 15.7. The van der Waals surface area contributed by atoms with Crippen molar-refractivity contribution in [2.45, 2.75) is 39.5 Å². The maximum atomic E-state index is 6.90. The van der Waals surface area contributed by atoms with Gasteiger partial charge in [-0.25, -0.2) is 15.0 Å². The summed E-state index contributed by atoms with van der Waals surface area (Å²) in [4.78, 5) is 22.6. The molecule has 0 fully saturated rings. The van der Waals surface area contributed by atoms with Gasteiger partial charge in [0.2, 0.25) is 5.95 Å². The zero-order valence-electron chi connectivity index (χ0n) is 35.8. The number of benzene rings is 6. The first kappa shape index (κ1) is 45.0. The van der Waals surface area contributed by atoms with Gasteiger partial charge in [-0.3, -0.25) is 0 Å². The second-order valence-electron chi connectivity index (χ2n) is 15.8. The van der Waals surface area contributed by atoms with Crippen LogP contribution in [0.5, 0.6) is 23.0 Å². The third-order valence-electron chi connectivity index (χ3n) is 11.0. The van der Waals surface area contributed by atoms with Crippen LogP contribution in [0.4, 0.5) is 0 Å². The van der Waals surface area contributed by atoms with E-state index in [1.165, 1.54) is 12.7 Å². The fraction of sp³-hybridized carbons (Fsp3) is 0.109. The smallest absolute Gasteiger partial charge is 0.502 e. The summed E-state index contributed by atoms with van der Waals surface area (Å²) in [6.07, 6.45) is 6.55. The molecule has 0 amide bonds. The average Bonchev–Trinajstić information content (AvgIpc) is 3.65. The van der Waals surface area contributed by atoms with Crippen molar-refractivity contribution in [1.29, 1.82) is 0 Å². The average molecular weight is 1120 g/mol. The van der Waals surface area contributed by atoms with Gasteiger partial charge < -0.3 is 24.0 Å². The van der Waals surface area contributed by atoms with E-state index >= 15 is 0 Å². The molecule has 65 heavy (non-hydrogen) atoms. The van der Waals surface area contributed by atoms with Crippen LogP contribution >= 0.6 is 0 Å². The molecule has 10 heteroatoms. The maximum absolute atomic E-state index is 6.90. The number of ether oxygens (including phenoxy) is 2. The first-order chi connectivity index (χ1) is 30.9. The molecule has 0 spiro atoms. The largest absolute Gasteiger partial charge is 2.00 e. The molecule has 6 aromatic carbocycles. The summed E-state index contributed by atoms with van der Waals surface area (Å²) in [7, 11) is 0. The molecular formula is C55H40N6O2PdPt. The van der Waals surface area contributed by atoms with Gasteiger partial charge in [0.25, 0.3) is 0 Å². The standard InChI is InChI=1S/C55H40N6O2.Pd.Pt/c1-35(2)45-27-39(47-19-11-13-25-57-47)29-51(53(45)37-15-7-5-8-16-37)62-41-21-23-43-44-24-22-42(32-50(44)61(49(43)31-41)55-59-33-56-34-60-55)63-52-30-40(48-20-12-14-26-58-48)28-46(36(3)4)54(52)38-17-9-6-10-18-38;;/h5-28,33-36H,1-4H3;;/q-4;2*+2. The fourth-order valence-electron chi connectivity index (χ4n) is 8.06. The number of nitrogens with zero attached hydrogens (tertiary/aromatic N) is 6. The van der Waals surface area contributed by atoms with Crippen molar-refractivity contribution in [2.75, 3.05) is 0 Å². The minimum Gasteiger partial charge on any atom is -0.502 e. The van der Waals surface area contributed by atoms with Gasteiger partial charge in [0.15, 0.2) is 0 Å². The normalized spacial score (nSPS) is 11.1. The molecule has 0 atom stereocenters. The summed E-state index contributed by atoms with van der Waals surface area (Å²) in [6.45, 7) is 8.76. The van der Waals surface area contributed by atoms with E-state index in [0.29, 0.717) is 40.0 Å². The van der Waals surface area contributed by atoms with Gasteiger partial charge in [0.05, 0.1) is 0 Å². The van der Waals surface area contributed by atoms with Crippen LogP contribution < -0.4 is 9.47 Å². The molecule has 0 aliphatic carbocycles. The summed E-state index contributed by atoms with van der Waals surface area (Å²) in [5.74, 6) is 2.90. The molecule has 8 nitrogen and oxygen atoms in total. The Morgan fingerprint density at radius 1 is 0.492 bits per heavy atom.